The zero-order chi connectivity index (χ0) is 22.0. The summed E-state index contributed by atoms with van der Waals surface area (Å²) in [4.78, 5) is 18.0. The Kier molecular flexibility index (Phi) is 5.71. The van der Waals surface area contributed by atoms with Gasteiger partial charge < -0.3 is 10.0 Å². The second-order valence-electron chi connectivity index (χ2n) is 9.42. The lowest BCUT2D eigenvalue weighted by atomic mass is 9.73. The minimum absolute atomic E-state index is 0.114. The predicted octanol–water partition coefficient (Wildman–Crippen LogP) is 4.87. The van der Waals surface area contributed by atoms with Crippen molar-refractivity contribution in [2.24, 2.45) is 5.41 Å². The number of carbonyl (C=O) groups excluding carboxylic acids is 1. The first-order valence-electron chi connectivity index (χ1n) is 11.5. The maximum Gasteiger partial charge on any atom is 0.254 e. The van der Waals surface area contributed by atoms with Crippen molar-refractivity contribution < 1.29 is 9.90 Å². The van der Waals surface area contributed by atoms with E-state index in [-0.39, 0.29) is 11.3 Å². The van der Waals surface area contributed by atoms with Gasteiger partial charge >= 0.3 is 0 Å². The molecule has 1 N–H and O–H groups in total. The van der Waals surface area contributed by atoms with Gasteiger partial charge in [0.2, 0.25) is 0 Å². The molecule has 3 aromatic carbocycles. The van der Waals surface area contributed by atoms with E-state index < -0.39 is 0 Å². The van der Waals surface area contributed by atoms with Crippen molar-refractivity contribution in [3.8, 4) is 5.75 Å². The fourth-order valence-electron chi connectivity index (χ4n) is 5.30. The van der Waals surface area contributed by atoms with Crippen molar-refractivity contribution in [3.05, 3.63) is 101 Å². The Bertz CT molecular complexity index is 1070. The van der Waals surface area contributed by atoms with Crippen LogP contribution in [0.2, 0.25) is 0 Å². The molecule has 4 nitrogen and oxygen atoms in total. The maximum atomic E-state index is 13.4. The number of piperidine rings is 1. The highest BCUT2D eigenvalue weighted by Crippen LogP contribution is 2.40. The van der Waals surface area contributed by atoms with Gasteiger partial charge in [0.25, 0.3) is 5.91 Å². The third kappa shape index (κ3) is 4.42. The molecule has 0 aromatic heterocycles. The van der Waals surface area contributed by atoms with Crippen LogP contribution in [0, 0.1) is 5.41 Å². The minimum Gasteiger partial charge on any atom is -0.508 e. The Morgan fingerprint density at radius 1 is 0.844 bits per heavy atom. The zero-order valence-corrected chi connectivity index (χ0v) is 18.4. The molecular formula is C28H30N2O2. The van der Waals surface area contributed by atoms with E-state index in [0.717, 1.165) is 51.0 Å². The second-order valence-corrected chi connectivity index (χ2v) is 9.42. The standard InChI is InChI=1S/C28H30N2O2/c31-26-12-10-22(11-13-26)19-29-16-14-28(15-17-29)18-24-8-4-5-9-25(24)20-30(21-28)27(32)23-6-2-1-3-7-23/h1-13,31H,14-21H2. The number of benzene rings is 3. The summed E-state index contributed by atoms with van der Waals surface area (Å²) in [5.41, 5.74) is 4.78. The van der Waals surface area contributed by atoms with Gasteiger partial charge in [-0.15, -0.1) is 0 Å². The molecule has 0 bridgehead atoms. The highest BCUT2D eigenvalue weighted by atomic mass is 16.3. The second kappa shape index (κ2) is 8.79. The average Bonchev–Trinajstić information content (AvgIpc) is 2.99. The number of carbonyl (C=O) groups is 1. The summed E-state index contributed by atoms with van der Waals surface area (Å²) in [7, 11) is 0. The molecule has 0 unspecified atom stereocenters. The molecule has 0 radical (unpaired) electrons. The molecule has 0 aliphatic carbocycles. The normalized spacial score (nSPS) is 18.2. The summed E-state index contributed by atoms with van der Waals surface area (Å²) >= 11 is 0. The molecular weight excluding hydrogens is 396 g/mol. The quantitative estimate of drug-likeness (QED) is 0.650. The van der Waals surface area contributed by atoms with Gasteiger partial charge in [0.05, 0.1) is 0 Å². The van der Waals surface area contributed by atoms with Crippen LogP contribution in [0.1, 0.15) is 39.9 Å². The highest BCUT2D eigenvalue weighted by Gasteiger charge is 2.40. The number of fused-ring (bicyclic) bond motifs is 1. The summed E-state index contributed by atoms with van der Waals surface area (Å²) in [6, 6.07) is 25.8. The van der Waals surface area contributed by atoms with Gasteiger partial charge in [-0.2, -0.15) is 0 Å². The number of likely N-dealkylation sites (tertiary alicyclic amines) is 1. The fourth-order valence-corrected chi connectivity index (χ4v) is 5.30. The minimum atomic E-state index is 0.114. The first-order chi connectivity index (χ1) is 15.6. The summed E-state index contributed by atoms with van der Waals surface area (Å²) in [6.07, 6.45) is 3.20. The fraction of sp³-hybridized carbons (Fsp3) is 0.321. The molecule has 164 valence electrons. The maximum absolute atomic E-state index is 13.4. The predicted molar refractivity (Wildman–Crippen MR) is 126 cm³/mol. The Hall–Kier alpha value is -3.11. The molecule has 1 amide bonds. The van der Waals surface area contributed by atoms with Crippen LogP contribution in [0.15, 0.2) is 78.9 Å². The highest BCUT2D eigenvalue weighted by molar-refractivity contribution is 5.94. The van der Waals surface area contributed by atoms with Crippen molar-refractivity contribution in [1.29, 1.82) is 0 Å². The number of rotatable bonds is 3. The molecule has 5 rings (SSSR count). The molecule has 4 heteroatoms. The summed E-state index contributed by atoms with van der Waals surface area (Å²) in [5.74, 6) is 0.444. The van der Waals surface area contributed by atoms with E-state index in [1.165, 1.54) is 16.7 Å². The Balaban J connectivity index is 1.35. The molecule has 1 fully saturated rings. The lowest BCUT2D eigenvalue weighted by Gasteiger charge is -2.43. The summed E-state index contributed by atoms with van der Waals surface area (Å²) < 4.78 is 0. The molecule has 2 heterocycles. The Labute approximate surface area is 190 Å². The van der Waals surface area contributed by atoms with Gasteiger partial charge in [0, 0.05) is 25.2 Å². The summed E-state index contributed by atoms with van der Waals surface area (Å²) in [6.45, 7) is 4.44. The van der Waals surface area contributed by atoms with Crippen molar-refractivity contribution in [2.75, 3.05) is 19.6 Å². The third-order valence-electron chi connectivity index (χ3n) is 7.14. The molecule has 0 saturated carbocycles. The van der Waals surface area contributed by atoms with Gasteiger partial charge in [0.1, 0.15) is 5.75 Å². The first-order valence-corrected chi connectivity index (χ1v) is 11.5. The van der Waals surface area contributed by atoms with Gasteiger partial charge in [0.15, 0.2) is 0 Å². The van der Waals surface area contributed by atoms with E-state index in [9.17, 15) is 9.90 Å². The van der Waals surface area contributed by atoms with E-state index in [1.807, 2.05) is 42.5 Å². The van der Waals surface area contributed by atoms with Crippen molar-refractivity contribution in [2.45, 2.75) is 32.4 Å². The third-order valence-corrected chi connectivity index (χ3v) is 7.14. The van der Waals surface area contributed by atoms with E-state index in [0.29, 0.717) is 12.3 Å². The van der Waals surface area contributed by atoms with Gasteiger partial charge in [-0.3, -0.25) is 9.69 Å². The first kappa shape index (κ1) is 20.8. The van der Waals surface area contributed by atoms with Crippen molar-refractivity contribution >= 4 is 5.91 Å². The molecule has 3 aromatic rings. The Morgan fingerprint density at radius 3 is 2.22 bits per heavy atom. The van der Waals surface area contributed by atoms with E-state index in [4.69, 9.17) is 0 Å². The number of hydrogen-bond acceptors (Lipinski definition) is 3. The van der Waals surface area contributed by atoms with Gasteiger partial charge in [-0.25, -0.2) is 0 Å². The molecule has 2 aliphatic heterocycles. The molecule has 1 saturated heterocycles. The topological polar surface area (TPSA) is 43.8 Å². The van der Waals surface area contributed by atoms with Gasteiger partial charge in [-0.05, 0) is 78.7 Å². The lowest BCUT2D eigenvalue weighted by molar-refractivity contribution is 0.0457. The summed E-state index contributed by atoms with van der Waals surface area (Å²) in [5, 5.41) is 9.54. The molecule has 0 atom stereocenters. The number of amides is 1. The van der Waals surface area contributed by atoms with Crippen LogP contribution in [0.5, 0.6) is 5.75 Å². The largest absolute Gasteiger partial charge is 0.508 e. The van der Waals surface area contributed by atoms with E-state index in [1.54, 1.807) is 12.1 Å². The number of nitrogens with zero attached hydrogens (tertiary/aromatic N) is 2. The Morgan fingerprint density at radius 2 is 1.50 bits per heavy atom. The number of aromatic hydroxyl groups is 1. The number of phenols is 1. The SMILES string of the molecule is O=C(c1ccccc1)N1Cc2ccccc2CC2(CCN(Cc3ccc(O)cc3)CC2)C1. The molecule has 2 aliphatic rings. The van der Waals surface area contributed by atoms with Crippen LogP contribution < -0.4 is 0 Å². The van der Waals surface area contributed by atoms with Crippen molar-refractivity contribution in [3.63, 3.8) is 0 Å². The number of phenolic OH excluding ortho intramolecular Hbond substituents is 1. The van der Waals surface area contributed by atoms with Crippen molar-refractivity contribution in [1.82, 2.24) is 9.80 Å². The van der Waals surface area contributed by atoms with Crippen LogP contribution in [0.4, 0.5) is 0 Å². The van der Waals surface area contributed by atoms with E-state index in [2.05, 4.69) is 34.1 Å². The molecule has 32 heavy (non-hydrogen) atoms. The average molecular weight is 427 g/mol. The van der Waals surface area contributed by atoms with Crippen LogP contribution in [-0.4, -0.2) is 40.4 Å². The van der Waals surface area contributed by atoms with Crippen LogP contribution in [-0.2, 0) is 19.5 Å². The van der Waals surface area contributed by atoms with Crippen LogP contribution >= 0.6 is 0 Å². The van der Waals surface area contributed by atoms with Gasteiger partial charge in [-0.1, -0.05) is 54.6 Å². The van der Waals surface area contributed by atoms with Crippen LogP contribution in [0.25, 0.3) is 0 Å². The number of hydrogen-bond donors (Lipinski definition) is 1. The molecule has 1 spiro atoms. The zero-order valence-electron chi connectivity index (χ0n) is 18.4. The van der Waals surface area contributed by atoms with Crippen LogP contribution in [0.3, 0.4) is 0 Å². The smallest absolute Gasteiger partial charge is 0.254 e. The monoisotopic (exact) mass is 426 g/mol. The van der Waals surface area contributed by atoms with E-state index >= 15 is 0 Å². The lowest BCUT2D eigenvalue weighted by Crippen LogP contribution is -2.47.